The Balaban J connectivity index is 1.87. The molecule has 3 rings (SSSR count). The van der Waals surface area contributed by atoms with Crippen LogP contribution in [0.3, 0.4) is 0 Å². The highest BCUT2D eigenvalue weighted by Crippen LogP contribution is 2.33. The third kappa shape index (κ3) is 4.45. The van der Waals surface area contributed by atoms with Crippen molar-refractivity contribution >= 4 is 15.7 Å². The van der Waals surface area contributed by atoms with Crippen molar-refractivity contribution in [2.24, 2.45) is 7.05 Å². The molecule has 0 saturated carbocycles. The minimum Gasteiger partial charge on any atom is -0.280 e. The monoisotopic (exact) mass is 427 g/mol. The number of anilines is 1. The minimum absolute atomic E-state index is 0.0800. The first-order valence-corrected chi connectivity index (χ1v) is 9.50. The van der Waals surface area contributed by atoms with E-state index in [1.165, 1.54) is 43.4 Å². The van der Waals surface area contributed by atoms with Crippen molar-refractivity contribution in [2.45, 2.75) is 11.1 Å². The van der Waals surface area contributed by atoms with E-state index in [2.05, 4.69) is 9.82 Å². The highest BCUT2D eigenvalue weighted by atomic mass is 32.2. The number of halogens is 4. The van der Waals surface area contributed by atoms with E-state index < -0.39 is 32.5 Å². The van der Waals surface area contributed by atoms with Crippen molar-refractivity contribution in [3.8, 4) is 11.3 Å². The maximum atomic E-state index is 13.4. The maximum absolute atomic E-state index is 13.4. The molecule has 29 heavy (non-hydrogen) atoms. The summed E-state index contributed by atoms with van der Waals surface area (Å²) in [5, 5.41) is 4.06. The fraction of sp³-hybridized carbons (Fsp3) is 0.111. The highest BCUT2D eigenvalue weighted by molar-refractivity contribution is 7.92. The van der Waals surface area contributed by atoms with E-state index in [-0.39, 0.29) is 17.3 Å². The molecule has 0 bridgehead atoms. The number of hydrogen-bond donors (Lipinski definition) is 1. The number of sulfonamides is 1. The standard InChI is InChI=1S/C18H13F4N3O3S/c1-25-17(26)9-8-16(23-25)11-2-4-12(5-3-11)24-29(27,28)13-6-7-15(19)14(10-13)18(20,21)22/h2-10,24H,1H3. The molecule has 3 aromatic rings. The summed E-state index contributed by atoms with van der Waals surface area (Å²) in [6.07, 6.45) is -5.03. The Hall–Kier alpha value is -3.21. The van der Waals surface area contributed by atoms with E-state index in [4.69, 9.17) is 0 Å². The number of rotatable bonds is 4. The average molecular weight is 427 g/mol. The molecule has 1 heterocycles. The number of nitrogens with zero attached hydrogens (tertiary/aromatic N) is 2. The summed E-state index contributed by atoms with van der Waals surface area (Å²) in [5.41, 5.74) is -0.830. The average Bonchev–Trinajstić information content (AvgIpc) is 2.63. The van der Waals surface area contributed by atoms with Gasteiger partial charge >= 0.3 is 6.18 Å². The van der Waals surface area contributed by atoms with Crippen LogP contribution < -0.4 is 10.3 Å². The van der Waals surface area contributed by atoms with E-state index in [1.807, 2.05) is 0 Å². The topological polar surface area (TPSA) is 81.1 Å². The lowest BCUT2D eigenvalue weighted by molar-refractivity contribution is -0.140. The van der Waals surface area contributed by atoms with Gasteiger partial charge in [-0.05, 0) is 36.4 Å². The van der Waals surface area contributed by atoms with Gasteiger partial charge in [-0.2, -0.15) is 18.3 Å². The Morgan fingerprint density at radius 2 is 1.66 bits per heavy atom. The fourth-order valence-corrected chi connectivity index (χ4v) is 3.55. The lowest BCUT2D eigenvalue weighted by Gasteiger charge is -2.12. The second-order valence-electron chi connectivity index (χ2n) is 6.00. The van der Waals surface area contributed by atoms with Gasteiger partial charge in [-0.1, -0.05) is 12.1 Å². The first-order valence-electron chi connectivity index (χ1n) is 8.02. The first-order chi connectivity index (χ1) is 13.5. The van der Waals surface area contributed by atoms with Crippen LogP contribution in [0.4, 0.5) is 23.2 Å². The zero-order valence-electron chi connectivity index (χ0n) is 14.7. The van der Waals surface area contributed by atoms with Crippen LogP contribution in [0, 0.1) is 5.82 Å². The minimum atomic E-state index is -5.03. The third-order valence-electron chi connectivity index (χ3n) is 3.95. The Morgan fingerprint density at radius 1 is 1.00 bits per heavy atom. The zero-order valence-corrected chi connectivity index (χ0v) is 15.6. The van der Waals surface area contributed by atoms with Crippen LogP contribution in [0.25, 0.3) is 11.3 Å². The van der Waals surface area contributed by atoms with Crippen molar-refractivity contribution in [3.63, 3.8) is 0 Å². The van der Waals surface area contributed by atoms with Crippen LogP contribution in [0.1, 0.15) is 5.56 Å². The summed E-state index contributed by atoms with van der Waals surface area (Å²) in [4.78, 5) is 10.7. The molecule has 0 saturated heterocycles. The summed E-state index contributed by atoms with van der Waals surface area (Å²) in [6.45, 7) is 0. The molecular weight excluding hydrogens is 414 g/mol. The SMILES string of the molecule is Cn1nc(-c2ccc(NS(=O)(=O)c3ccc(F)c(C(F)(F)F)c3)cc2)ccc1=O. The molecule has 0 atom stereocenters. The van der Waals surface area contributed by atoms with Crippen LogP contribution in [0.5, 0.6) is 0 Å². The maximum Gasteiger partial charge on any atom is 0.419 e. The molecule has 0 spiro atoms. The van der Waals surface area contributed by atoms with Crippen molar-refractivity contribution in [2.75, 3.05) is 4.72 Å². The van der Waals surface area contributed by atoms with Gasteiger partial charge in [-0.25, -0.2) is 17.5 Å². The van der Waals surface area contributed by atoms with Gasteiger partial charge in [0.15, 0.2) is 0 Å². The number of nitrogens with one attached hydrogen (secondary N) is 1. The van der Waals surface area contributed by atoms with Gasteiger partial charge in [0.2, 0.25) is 0 Å². The molecule has 152 valence electrons. The summed E-state index contributed by atoms with van der Waals surface area (Å²) in [5.74, 6) is -1.56. The smallest absolute Gasteiger partial charge is 0.280 e. The molecule has 0 unspecified atom stereocenters. The summed E-state index contributed by atoms with van der Waals surface area (Å²) in [6, 6.07) is 10.1. The largest absolute Gasteiger partial charge is 0.419 e. The van der Waals surface area contributed by atoms with Gasteiger partial charge in [0.1, 0.15) is 5.82 Å². The first kappa shape index (κ1) is 20.5. The zero-order chi connectivity index (χ0) is 21.4. The van der Waals surface area contributed by atoms with Crippen molar-refractivity contribution in [3.05, 3.63) is 76.3 Å². The number of alkyl halides is 3. The molecule has 0 aliphatic heterocycles. The van der Waals surface area contributed by atoms with Gasteiger partial charge in [0.25, 0.3) is 15.6 Å². The van der Waals surface area contributed by atoms with E-state index >= 15 is 0 Å². The molecule has 0 aliphatic rings. The van der Waals surface area contributed by atoms with Crippen molar-refractivity contribution in [1.29, 1.82) is 0 Å². The van der Waals surface area contributed by atoms with E-state index in [0.29, 0.717) is 17.3 Å². The van der Waals surface area contributed by atoms with E-state index in [9.17, 15) is 30.8 Å². The Kier molecular flexibility index (Phi) is 5.18. The predicted octanol–water partition coefficient (Wildman–Crippen LogP) is 3.41. The summed E-state index contributed by atoms with van der Waals surface area (Å²) < 4.78 is 79.9. The Morgan fingerprint density at radius 3 is 2.24 bits per heavy atom. The normalized spacial score (nSPS) is 12.0. The molecule has 0 amide bonds. The number of benzene rings is 2. The lowest BCUT2D eigenvalue weighted by Crippen LogP contribution is -2.18. The summed E-state index contributed by atoms with van der Waals surface area (Å²) in [7, 11) is -2.90. The van der Waals surface area contributed by atoms with E-state index in [1.54, 1.807) is 0 Å². The molecule has 0 radical (unpaired) electrons. The van der Waals surface area contributed by atoms with Crippen molar-refractivity contribution < 1.29 is 26.0 Å². The molecular formula is C18H13F4N3O3S. The van der Waals surface area contributed by atoms with Gasteiger partial charge in [0, 0.05) is 24.4 Å². The van der Waals surface area contributed by atoms with Gasteiger partial charge in [0.05, 0.1) is 16.2 Å². The Bertz CT molecular complexity index is 1220. The number of hydrogen-bond acceptors (Lipinski definition) is 4. The van der Waals surface area contributed by atoms with Gasteiger partial charge < -0.3 is 0 Å². The molecule has 1 aromatic heterocycles. The van der Waals surface area contributed by atoms with Gasteiger partial charge in [-0.3, -0.25) is 9.52 Å². The Labute approximate surface area is 162 Å². The highest BCUT2D eigenvalue weighted by Gasteiger charge is 2.35. The van der Waals surface area contributed by atoms with Crippen LogP contribution in [-0.4, -0.2) is 18.2 Å². The molecule has 0 fully saturated rings. The summed E-state index contributed by atoms with van der Waals surface area (Å²) >= 11 is 0. The number of aryl methyl sites for hydroxylation is 1. The quantitative estimate of drug-likeness (QED) is 0.647. The van der Waals surface area contributed by atoms with Crippen LogP contribution in [0.2, 0.25) is 0 Å². The van der Waals surface area contributed by atoms with E-state index in [0.717, 1.165) is 10.7 Å². The molecule has 11 heteroatoms. The second kappa shape index (κ2) is 7.32. The lowest BCUT2D eigenvalue weighted by atomic mass is 10.1. The molecule has 1 N–H and O–H groups in total. The second-order valence-corrected chi connectivity index (χ2v) is 7.69. The number of aromatic nitrogens is 2. The van der Waals surface area contributed by atoms with Crippen LogP contribution in [0.15, 0.2) is 64.3 Å². The van der Waals surface area contributed by atoms with Crippen LogP contribution >= 0.6 is 0 Å². The fourth-order valence-electron chi connectivity index (χ4n) is 2.47. The molecule has 0 aliphatic carbocycles. The van der Waals surface area contributed by atoms with Crippen LogP contribution in [-0.2, 0) is 23.2 Å². The van der Waals surface area contributed by atoms with Gasteiger partial charge in [-0.15, -0.1) is 0 Å². The third-order valence-corrected chi connectivity index (χ3v) is 5.33. The predicted molar refractivity (Wildman–Crippen MR) is 97.1 cm³/mol. The van der Waals surface area contributed by atoms with Crippen molar-refractivity contribution in [1.82, 2.24) is 9.78 Å². The molecule has 2 aromatic carbocycles. The molecule has 6 nitrogen and oxygen atoms in total.